The van der Waals surface area contributed by atoms with Crippen molar-refractivity contribution >= 4 is 84.5 Å². The second-order valence-corrected chi connectivity index (χ2v) is 19.8. The summed E-state index contributed by atoms with van der Waals surface area (Å²) in [4.78, 5) is 4.92. The summed E-state index contributed by atoms with van der Waals surface area (Å²) < 4.78 is 14.3. The lowest BCUT2D eigenvalue weighted by atomic mass is 9.86. The highest BCUT2D eigenvalue weighted by atomic mass is 16.3. The summed E-state index contributed by atoms with van der Waals surface area (Å²) >= 11 is 0. The number of aryl methyl sites for hydroxylation is 2. The van der Waals surface area contributed by atoms with Gasteiger partial charge in [-0.25, -0.2) is 0 Å². The average Bonchev–Trinajstić information content (AvgIpc) is 4.22. The van der Waals surface area contributed by atoms with Gasteiger partial charge in [-0.3, -0.25) is 0 Å². The first-order valence-electron chi connectivity index (χ1n) is 25.1. The monoisotopic (exact) mass is 884 g/mol. The van der Waals surface area contributed by atoms with Crippen molar-refractivity contribution < 1.29 is 8.83 Å². The van der Waals surface area contributed by atoms with E-state index in [2.05, 4.69) is 194 Å². The highest BCUT2D eigenvalue weighted by molar-refractivity contribution is 6.12. The molecule has 2 aromatic heterocycles. The minimum absolute atomic E-state index is 0.545. The van der Waals surface area contributed by atoms with Crippen LogP contribution in [0.4, 0.5) is 28.4 Å². The first-order valence-corrected chi connectivity index (χ1v) is 25.1. The van der Waals surface area contributed by atoms with Gasteiger partial charge in [-0.15, -0.1) is 0 Å². The van der Waals surface area contributed by atoms with Crippen molar-refractivity contribution in [3.8, 4) is 0 Å². The van der Waals surface area contributed by atoms with Gasteiger partial charge in [0.25, 0.3) is 0 Å². The molecule has 0 amide bonds. The molecule has 0 unspecified atom stereocenters. The fourth-order valence-electron chi connectivity index (χ4n) is 12.3. The molecule has 4 aliphatic rings. The van der Waals surface area contributed by atoms with Gasteiger partial charge in [0.1, 0.15) is 11.2 Å². The molecular formula is C64H56N2O2. The molecule has 2 saturated carbocycles. The van der Waals surface area contributed by atoms with Crippen LogP contribution in [0, 0.1) is 13.8 Å². The largest absolute Gasteiger partial charge is 0.454 e. The van der Waals surface area contributed by atoms with Crippen LogP contribution in [0.15, 0.2) is 178 Å². The minimum atomic E-state index is 0.545. The topological polar surface area (TPSA) is 32.8 Å². The summed E-state index contributed by atoms with van der Waals surface area (Å²) in [5.74, 6) is 1.09. The van der Waals surface area contributed by atoms with E-state index in [-0.39, 0.29) is 0 Å². The van der Waals surface area contributed by atoms with Gasteiger partial charge in [-0.05, 0) is 145 Å². The maximum atomic E-state index is 7.17. The molecule has 13 rings (SSSR count). The van der Waals surface area contributed by atoms with Gasteiger partial charge in [0.2, 0.25) is 0 Å². The van der Waals surface area contributed by atoms with Crippen LogP contribution in [0.1, 0.15) is 109 Å². The lowest BCUT2D eigenvalue weighted by Crippen LogP contribution is -2.19. The van der Waals surface area contributed by atoms with E-state index in [1.807, 2.05) is 0 Å². The van der Waals surface area contributed by atoms with Crippen LogP contribution in [0.5, 0.6) is 0 Å². The summed E-state index contributed by atoms with van der Waals surface area (Å²) in [5, 5.41) is 4.73. The number of nitrogens with zero attached hydrogens (tertiary/aromatic N) is 2. The van der Waals surface area contributed by atoms with E-state index in [0.717, 1.165) is 80.1 Å². The van der Waals surface area contributed by atoms with Crippen molar-refractivity contribution in [1.82, 2.24) is 0 Å². The lowest BCUT2D eigenvalue weighted by Gasteiger charge is -2.32. The summed E-state index contributed by atoms with van der Waals surface area (Å²) in [5.41, 5.74) is 20.7. The molecule has 68 heavy (non-hydrogen) atoms. The molecular weight excluding hydrogens is 829 g/mol. The Bertz CT molecular complexity index is 3580. The van der Waals surface area contributed by atoms with Crippen LogP contribution in [-0.2, 0) is 6.42 Å². The lowest BCUT2D eigenvalue weighted by molar-refractivity contribution is 0.643. The summed E-state index contributed by atoms with van der Waals surface area (Å²) in [6.07, 6.45) is 25.6. The molecule has 4 heteroatoms. The van der Waals surface area contributed by atoms with Crippen LogP contribution in [0.2, 0.25) is 0 Å². The number of para-hydroxylation sites is 4. The van der Waals surface area contributed by atoms with E-state index in [1.54, 1.807) is 0 Å². The first kappa shape index (κ1) is 40.9. The standard InChI is InChI=1S/C64H56N2O2/c1-41-16-10-22-47(38-41)65(59-32-14-29-54-52-27-12-25-49(43-18-6-7-19-43)61(52)67-63(54)59)57-31-5-3-4-24-51-56-40-46(57)35-34-45(56)36-37-58(51)66(48-23-11-17-42(2)39-48)60-33-15-30-55-53-28-13-26-50(44-20-8-9-21-44)62(53)68-64(55)60/h4-5,10-17,22-39,43-44H,3,6-9,18-21,40H2,1-2H3/b24-4-,31-5-,57-46+. The van der Waals surface area contributed by atoms with E-state index in [4.69, 9.17) is 8.83 Å². The van der Waals surface area contributed by atoms with Crippen molar-refractivity contribution in [1.29, 1.82) is 0 Å². The molecule has 0 spiro atoms. The third kappa shape index (κ3) is 6.87. The Morgan fingerprint density at radius 2 is 0.971 bits per heavy atom. The Hall–Kier alpha value is -7.30. The van der Waals surface area contributed by atoms with E-state index in [0.29, 0.717) is 11.8 Å². The number of furan rings is 2. The van der Waals surface area contributed by atoms with Crippen LogP contribution >= 0.6 is 0 Å². The second kappa shape index (κ2) is 16.8. The fourth-order valence-corrected chi connectivity index (χ4v) is 12.3. The van der Waals surface area contributed by atoms with E-state index in [9.17, 15) is 0 Å². The Morgan fingerprint density at radius 3 is 1.56 bits per heavy atom. The Balaban J connectivity index is 0.999. The smallest absolute Gasteiger partial charge is 0.159 e. The fraction of sp³-hybridized carbons (Fsp3) is 0.219. The maximum Gasteiger partial charge on any atom is 0.159 e. The van der Waals surface area contributed by atoms with Crippen LogP contribution < -0.4 is 9.80 Å². The molecule has 0 N–H and O–H groups in total. The quantitative estimate of drug-likeness (QED) is 0.152. The highest BCUT2D eigenvalue weighted by Gasteiger charge is 2.30. The van der Waals surface area contributed by atoms with Crippen LogP contribution in [0.3, 0.4) is 0 Å². The SMILES string of the molecule is Cc1cccc(N(C2=C3\C=Cc4ccc(N(c5cccc(C)c5)c5cccc6c5oc5c(C7CCCC7)cccc56)c(c4C3)/C=C\C/C=C\2)c2cccc3c2oc2c(C4CCCC4)cccc23)c1. The predicted molar refractivity (Wildman–Crippen MR) is 285 cm³/mol. The molecule has 4 aliphatic carbocycles. The maximum absolute atomic E-state index is 7.17. The molecule has 334 valence electrons. The van der Waals surface area contributed by atoms with Gasteiger partial charge in [0.15, 0.2) is 11.2 Å². The molecule has 2 bridgehead atoms. The van der Waals surface area contributed by atoms with E-state index < -0.39 is 0 Å². The van der Waals surface area contributed by atoms with Crippen molar-refractivity contribution in [3.05, 3.63) is 208 Å². The third-order valence-corrected chi connectivity index (χ3v) is 15.5. The second-order valence-electron chi connectivity index (χ2n) is 19.8. The summed E-state index contributed by atoms with van der Waals surface area (Å²) in [6.45, 7) is 4.38. The molecule has 9 aromatic rings. The molecule has 7 aromatic carbocycles. The predicted octanol–water partition coefficient (Wildman–Crippen LogP) is 18.5. The Morgan fingerprint density at radius 1 is 0.456 bits per heavy atom. The Labute approximate surface area is 399 Å². The van der Waals surface area contributed by atoms with Gasteiger partial charge >= 0.3 is 0 Å². The molecule has 0 radical (unpaired) electrons. The number of anilines is 5. The van der Waals surface area contributed by atoms with Crippen molar-refractivity contribution in [2.45, 2.75) is 89.9 Å². The van der Waals surface area contributed by atoms with E-state index >= 15 is 0 Å². The number of allylic oxidation sites excluding steroid dienone is 5. The molecule has 0 atom stereocenters. The number of rotatable bonds is 8. The zero-order valence-electron chi connectivity index (χ0n) is 39.1. The summed E-state index contributed by atoms with van der Waals surface area (Å²) in [6, 6.07) is 49.5. The van der Waals surface area contributed by atoms with Gasteiger partial charge in [0, 0.05) is 50.6 Å². The van der Waals surface area contributed by atoms with Gasteiger partial charge in [-0.1, -0.05) is 147 Å². The summed E-state index contributed by atoms with van der Waals surface area (Å²) in [7, 11) is 0. The molecule has 2 fully saturated rings. The molecule has 2 heterocycles. The zero-order chi connectivity index (χ0) is 45.3. The Kier molecular flexibility index (Phi) is 10.1. The van der Waals surface area contributed by atoms with Crippen molar-refractivity contribution in [2.75, 3.05) is 9.80 Å². The number of hydrogen-bond acceptors (Lipinski definition) is 4. The van der Waals surface area contributed by atoms with Gasteiger partial charge in [-0.2, -0.15) is 0 Å². The van der Waals surface area contributed by atoms with E-state index in [1.165, 1.54) is 107 Å². The van der Waals surface area contributed by atoms with Crippen LogP contribution in [-0.4, -0.2) is 0 Å². The molecule has 0 saturated heterocycles. The van der Waals surface area contributed by atoms with Crippen molar-refractivity contribution in [2.24, 2.45) is 0 Å². The van der Waals surface area contributed by atoms with Crippen molar-refractivity contribution in [3.63, 3.8) is 0 Å². The number of benzene rings is 7. The average molecular weight is 885 g/mol. The normalized spacial score (nSPS) is 18.3. The van der Waals surface area contributed by atoms with Gasteiger partial charge < -0.3 is 18.6 Å². The first-order chi connectivity index (χ1) is 33.6. The number of fused-ring (bicyclic) bond motifs is 7. The zero-order valence-corrected chi connectivity index (χ0v) is 39.1. The highest BCUT2D eigenvalue weighted by Crippen LogP contribution is 2.49. The third-order valence-electron chi connectivity index (χ3n) is 15.5. The number of hydrogen-bond donors (Lipinski definition) is 0. The van der Waals surface area contributed by atoms with Gasteiger partial charge in [0.05, 0.1) is 17.1 Å². The molecule has 4 nitrogen and oxygen atoms in total. The molecule has 0 aliphatic heterocycles. The minimum Gasteiger partial charge on any atom is -0.454 e. The van der Waals surface area contributed by atoms with Crippen LogP contribution in [0.25, 0.3) is 56.0 Å².